The van der Waals surface area contributed by atoms with Crippen LogP contribution in [0.3, 0.4) is 0 Å². The van der Waals surface area contributed by atoms with Crippen molar-refractivity contribution in [2.75, 3.05) is 52.9 Å². The number of aliphatic hydroxyl groups is 3. The van der Waals surface area contributed by atoms with E-state index in [0.717, 1.165) is 0 Å². The third-order valence-corrected chi connectivity index (χ3v) is 1.50. The average molecular weight is 224 g/mol. The zero-order chi connectivity index (χ0) is 11.4. The summed E-state index contributed by atoms with van der Waals surface area (Å²) in [7, 11) is 0. The molecule has 0 heterocycles. The molecule has 0 saturated carbocycles. The number of rotatable bonds is 11. The second kappa shape index (κ2) is 11.8. The summed E-state index contributed by atoms with van der Waals surface area (Å²) >= 11 is 0. The molecule has 6 nitrogen and oxygen atoms in total. The number of ether oxygens (including phenoxy) is 3. The van der Waals surface area contributed by atoms with Crippen LogP contribution in [0.15, 0.2) is 0 Å². The highest BCUT2D eigenvalue weighted by Gasteiger charge is 2.00. The zero-order valence-corrected chi connectivity index (χ0v) is 8.80. The van der Waals surface area contributed by atoms with Gasteiger partial charge in [0.1, 0.15) is 6.10 Å². The third kappa shape index (κ3) is 11.7. The fourth-order valence-corrected chi connectivity index (χ4v) is 0.776. The van der Waals surface area contributed by atoms with E-state index >= 15 is 0 Å². The summed E-state index contributed by atoms with van der Waals surface area (Å²) in [5, 5.41) is 25.7. The fourth-order valence-electron chi connectivity index (χ4n) is 0.776. The molecule has 15 heavy (non-hydrogen) atoms. The van der Waals surface area contributed by atoms with Crippen LogP contribution < -0.4 is 0 Å². The van der Waals surface area contributed by atoms with E-state index in [-0.39, 0.29) is 19.8 Å². The van der Waals surface area contributed by atoms with E-state index in [1.165, 1.54) is 0 Å². The lowest BCUT2D eigenvalue weighted by molar-refractivity contribution is -0.0244. The van der Waals surface area contributed by atoms with E-state index < -0.39 is 6.10 Å². The van der Waals surface area contributed by atoms with Crippen molar-refractivity contribution < 1.29 is 29.5 Å². The zero-order valence-electron chi connectivity index (χ0n) is 8.80. The lowest BCUT2D eigenvalue weighted by Crippen LogP contribution is -2.21. The number of aliphatic hydroxyl groups excluding tert-OH is 3. The minimum atomic E-state index is -0.821. The molecule has 0 aliphatic heterocycles. The maximum Gasteiger partial charge on any atom is 0.100 e. The summed E-state index contributed by atoms with van der Waals surface area (Å²) in [6.45, 7) is 1.84. The van der Waals surface area contributed by atoms with Gasteiger partial charge >= 0.3 is 0 Å². The van der Waals surface area contributed by atoms with Crippen molar-refractivity contribution in [3.63, 3.8) is 0 Å². The summed E-state index contributed by atoms with van der Waals surface area (Å²) in [6.07, 6.45) is -0.821. The molecule has 3 N–H and O–H groups in total. The van der Waals surface area contributed by atoms with Crippen molar-refractivity contribution in [1.29, 1.82) is 0 Å². The molecule has 0 aromatic carbocycles. The molecular formula is C9H20O6. The molecule has 0 aromatic rings. The first-order chi connectivity index (χ1) is 7.31. The Morgan fingerprint density at radius 3 is 1.87 bits per heavy atom. The van der Waals surface area contributed by atoms with Gasteiger partial charge in [0.15, 0.2) is 0 Å². The van der Waals surface area contributed by atoms with Crippen molar-refractivity contribution in [1.82, 2.24) is 0 Å². The van der Waals surface area contributed by atoms with Crippen LogP contribution in [0.25, 0.3) is 0 Å². The minimum absolute atomic E-state index is 0.0160. The largest absolute Gasteiger partial charge is 0.394 e. The lowest BCUT2D eigenvalue weighted by atomic mass is 10.4. The SMILES string of the molecule is OCCOCCOCCOCC(O)CO. The second-order valence-corrected chi connectivity index (χ2v) is 2.86. The van der Waals surface area contributed by atoms with Crippen molar-refractivity contribution in [2.24, 2.45) is 0 Å². The van der Waals surface area contributed by atoms with Crippen LogP contribution in [0.5, 0.6) is 0 Å². The van der Waals surface area contributed by atoms with E-state index in [1.807, 2.05) is 0 Å². The van der Waals surface area contributed by atoms with E-state index in [9.17, 15) is 0 Å². The van der Waals surface area contributed by atoms with E-state index in [4.69, 9.17) is 29.5 Å². The van der Waals surface area contributed by atoms with Crippen LogP contribution in [-0.2, 0) is 14.2 Å². The molecule has 0 spiro atoms. The van der Waals surface area contributed by atoms with Gasteiger partial charge in [-0.2, -0.15) is 0 Å². The number of hydrogen-bond acceptors (Lipinski definition) is 6. The summed E-state index contributed by atoms with van der Waals surface area (Å²) in [6, 6.07) is 0. The standard InChI is InChI=1S/C9H20O6/c10-1-2-13-3-4-14-5-6-15-8-9(12)7-11/h9-12H,1-8H2. The molecule has 0 fully saturated rings. The molecular weight excluding hydrogens is 204 g/mol. The maximum absolute atomic E-state index is 8.90. The average Bonchev–Trinajstić information content (AvgIpc) is 2.26. The van der Waals surface area contributed by atoms with Crippen LogP contribution in [0.4, 0.5) is 0 Å². The molecule has 6 heteroatoms. The first-order valence-corrected chi connectivity index (χ1v) is 4.94. The molecule has 0 radical (unpaired) electrons. The smallest absolute Gasteiger partial charge is 0.100 e. The van der Waals surface area contributed by atoms with Crippen LogP contribution >= 0.6 is 0 Å². The summed E-state index contributed by atoms with van der Waals surface area (Å²) in [4.78, 5) is 0. The van der Waals surface area contributed by atoms with Gasteiger partial charge in [-0.25, -0.2) is 0 Å². The molecule has 1 unspecified atom stereocenters. The maximum atomic E-state index is 8.90. The molecule has 0 aliphatic rings. The van der Waals surface area contributed by atoms with Crippen molar-refractivity contribution in [3.05, 3.63) is 0 Å². The highest BCUT2D eigenvalue weighted by Crippen LogP contribution is 1.85. The van der Waals surface area contributed by atoms with Gasteiger partial charge in [-0.3, -0.25) is 0 Å². The first-order valence-electron chi connectivity index (χ1n) is 4.94. The van der Waals surface area contributed by atoms with Gasteiger partial charge in [0.05, 0.1) is 52.9 Å². The Kier molecular flexibility index (Phi) is 11.6. The third-order valence-electron chi connectivity index (χ3n) is 1.50. The Bertz CT molecular complexity index is 121. The van der Waals surface area contributed by atoms with Gasteiger partial charge in [0.2, 0.25) is 0 Å². The quantitative estimate of drug-likeness (QED) is 0.366. The fraction of sp³-hybridized carbons (Fsp3) is 1.00. The highest BCUT2D eigenvalue weighted by atomic mass is 16.5. The Labute approximate surface area is 89.4 Å². The molecule has 92 valence electrons. The molecule has 0 amide bonds. The van der Waals surface area contributed by atoms with E-state index in [0.29, 0.717) is 33.0 Å². The summed E-state index contributed by atoms with van der Waals surface area (Å²) < 4.78 is 15.1. The van der Waals surface area contributed by atoms with Crippen LogP contribution in [0.1, 0.15) is 0 Å². The Morgan fingerprint density at radius 2 is 1.33 bits per heavy atom. The van der Waals surface area contributed by atoms with Gasteiger partial charge in [-0.05, 0) is 0 Å². The van der Waals surface area contributed by atoms with Gasteiger partial charge < -0.3 is 29.5 Å². The van der Waals surface area contributed by atoms with Crippen molar-refractivity contribution >= 4 is 0 Å². The van der Waals surface area contributed by atoms with Gasteiger partial charge in [0, 0.05) is 0 Å². The summed E-state index contributed by atoms with van der Waals surface area (Å²) in [5.74, 6) is 0. The van der Waals surface area contributed by atoms with Gasteiger partial charge in [-0.15, -0.1) is 0 Å². The second-order valence-electron chi connectivity index (χ2n) is 2.86. The van der Waals surface area contributed by atoms with E-state index in [2.05, 4.69) is 0 Å². The lowest BCUT2D eigenvalue weighted by Gasteiger charge is -2.08. The van der Waals surface area contributed by atoms with Crippen LogP contribution in [0.2, 0.25) is 0 Å². The highest BCUT2D eigenvalue weighted by molar-refractivity contribution is 4.48. The van der Waals surface area contributed by atoms with Crippen LogP contribution in [0, 0.1) is 0 Å². The first kappa shape index (κ1) is 14.8. The predicted molar refractivity (Wildman–Crippen MR) is 52.6 cm³/mol. The van der Waals surface area contributed by atoms with Gasteiger partial charge in [0.25, 0.3) is 0 Å². The molecule has 0 aliphatic carbocycles. The monoisotopic (exact) mass is 224 g/mol. The van der Waals surface area contributed by atoms with Crippen LogP contribution in [-0.4, -0.2) is 74.3 Å². The Hall–Kier alpha value is -0.240. The van der Waals surface area contributed by atoms with Crippen molar-refractivity contribution in [3.8, 4) is 0 Å². The van der Waals surface area contributed by atoms with Crippen molar-refractivity contribution in [2.45, 2.75) is 6.10 Å². The minimum Gasteiger partial charge on any atom is -0.394 e. The molecule has 0 aromatic heterocycles. The summed E-state index contributed by atoms with van der Waals surface area (Å²) in [5.41, 5.74) is 0. The Morgan fingerprint density at radius 1 is 0.800 bits per heavy atom. The number of hydrogen-bond donors (Lipinski definition) is 3. The normalized spacial score (nSPS) is 13.0. The molecule has 0 rings (SSSR count). The Balaban J connectivity index is 2.92. The topological polar surface area (TPSA) is 88.4 Å². The predicted octanol–water partition coefficient (Wildman–Crippen LogP) is -1.62. The molecule has 1 atom stereocenters. The molecule has 0 bridgehead atoms. The molecule has 0 saturated heterocycles. The van der Waals surface area contributed by atoms with Gasteiger partial charge in [-0.1, -0.05) is 0 Å². The van der Waals surface area contributed by atoms with E-state index in [1.54, 1.807) is 0 Å².